The van der Waals surface area contributed by atoms with Gasteiger partial charge in [0, 0.05) is 32.2 Å². The molecule has 0 aromatic carbocycles. The van der Waals surface area contributed by atoms with Crippen LogP contribution in [0, 0.1) is 0 Å². The number of aryl methyl sites for hydroxylation is 1. The second-order valence-electron chi connectivity index (χ2n) is 5.64. The molecule has 1 atom stereocenters. The van der Waals surface area contributed by atoms with Crippen LogP contribution in [-0.4, -0.2) is 36.0 Å². The number of rotatable bonds is 10. The van der Waals surface area contributed by atoms with Gasteiger partial charge in [0.05, 0.1) is 11.9 Å². The van der Waals surface area contributed by atoms with Crippen LogP contribution in [0.4, 0.5) is 5.69 Å². The second-order valence-corrected chi connectivity index (χ2v) is 5.64. The van der Waals surface area contributed by atoms with Crippen molar-refractivity contribution >= 4 is 5.69 Å². The highest BCUT2D eigenvalue weighted by Crippen LogP contribution is 2.06. The molecule has 0 amide bonds. The van der Waals surface area contributed by atoms with Crippen LogP contribution in [0.2, 0.25) is 0 Å². The Bertz CT molecular complexity index is 458. The van der Waals surface area contributed by atoms with Crippen LogP contribution in [-0.2, 0) is 6.54 Å². The van der Waals surface area contributed by atoms with Gasteiger partial charge in [-0.3, -0.25) is 4.79 Å². The third-order valence-corrected chi connectivity index (χ3v) is 3.77. The lowest BCUT2D eigenvalue weighted by molar-refractivity contribution is 0.460. The molecule has 0 fully saturated rings. The molecule has 0 bridgehead atoms. The van der Waals surface area contributed by atoms with E-state index in [4.69, 9.17) is 0 Å². The minimum atomic E-state index is -0.00930. The zero-order chi connectivity index (χ0) is 15.7. The van der Waals surface area contributed by atoms with E-state index >= 15 is 0 Å². The molecular formula is C16H30N4O. The molecule has 1 aromatic heterocycles. The lowest BCUT2D eigenvalue weighted by Crippen LogP contribution is -2.27. The van der Waals surface area contributed by atoms with Crippen LogP contribution in [0.25, 0.3) is 0 Å². The Morgan fingerprint density at radius 2 is 2.14 bits per heavy atom. The summed E-state index contributed by atoms with van der Waals surface area (Å²) in [6, 6.07) is 2.22. The van der Waals surface area contributed by atoms with Gasteiger partial charge in [-0.1, -0.05) is 13.3 Å². The Labute approximate surface area is 128 Å². The van der Waals surface area contributed by atoms with Crippen molar-refractivity contribution in [2.24, 2.45) is 0 Å². The van der Waals surface area contributed by atoms with E-state index in [-0.39, 0.29) is 5.56 Å². The van der Waals surface area contributed by atoms with Gasteiger partial charge in [0.1, 0.15) is 0 Å². The van der Waals surface area contributed by atoms with E-state index in [2.05, 4.69) is 31.2 Å². The molecule has 21 heavy (non-hydrogen) atoms. The van der Waals surface area contributed by atoms with E-state index < -0.39 is 0 Å². The van der Waals surface area contributed by atoms with E-state index in [1.165, 1.54) is 6.42 Å². The van der Waals surface area contributed by atoms with Crippen molar-refractivity contribution in [3.63, 3.8) is 0 Å². The number of unbranched alkanes of at least 4 members (excludes halogenated alkanes) is 1. The molecule has 0 saturated carbocycles. The van der Waals surface area contributed by atoms with Gasteiger partial charge >= 0.3 is 0 Å². The van der Waals surface area contributed by atoms with Gasteiger partial charge in [-0.2, -0.15) is 5.10 Å². The molecule has 5 heteroatoms. The average molecular weight is 294 g/mol. The predicted octanol–water partition coefficient (Wildman–Crippen LogP) is 2.26. The van der Waals surface area contributed by atoms with Crippen LogP contribution < -0.4 is 15.8 Å². The Balaban J connectivity index is 2.37. The Kier molecular flexibility index (Phi) is 8.05. The number of nitrogens with one attached hydrogen (secondary N) is 1. The number of hydrogen-bond acceptors (Lipinski definition) is 4. The number of nitrogens with zero attached hydrogens (tertiary/aromatic N) is 3. The van der Waals surface area contributed by atoms with Gasteiger partial charge in [-0.25, -0.2) is 4.68 Å². The van der Waals surface area contributed by atoms with Gasteiger partial charge in [-0.15, -0.1) is 0 Å². The number of anilines is 1. The minimum absolute atomic E-state index is 0.00930. The maximum Gasteiger partial charge on any atom is 0.268 e. The molecule has 0 aliphatic carbocycles. The summed E-state index contributed by atoms with van der Waals surface area (Å²) in [5.41, 5.74) is 0.876. The summed E-state index contributed by atoms with van der Waals surface area (Å²) in [6.45, 7) is 9.10. The highest BCUT2D eigenvalue weighted by Gasteiger charge is 2.04. The molecule has 0 saturated heterocycles. The third kappa shape index (κ3) is 6.29. The first-order valence-corrected chi connectivity index (χ1v) is 8.10. The van der Waals surface area contributed by atoms with E-state index in [1.807, 2.05) is 11.9 Å². The summed E-state index contributed by atoms with van der Waals surface area (Å²) < 4.78 is 1.57. The molecule has 1 N–H and O–H groups in total. The Morgan fingerprint density at radius 1 is 1.38 bits per heavy atom. The molecule has 1 heterocycles. The highest BCUT2D eigenvalue weighted by molar-refractivity contribution is 5.41. The van der Waals surface area contributed by atoms with Crippen LogP contribution in [0.1, 0.15) is 46.5 Å². The maximum absolute atomic E-state index is 12.0. The normalized spacial score (nSPS) is 12.4. The lowest BCUT2D eigenvalue weighted by atomic mass is 10.1. The van der Waals surface area contributed by atoms with Gasteiger partial charge < -0.3 is 10.2 Å². The summed E-state index contributed by atoms with van der Waals surface area (Å²) in [5, 5.41) is 7.74. The quantitative estimate of drug-likeness (QED) is 0.673. The van der Waals surface area contributed by atoms with E-state index in [0.29, 0.717) is 12.6 Å². The summed E-state index contributed by atoms with van der Waals surface area (Å²) >= 11 is 0. The fourth-order valence-electron chi connectivity index (χ4n) is 2.19. The predicted molar refractivity (Wildman–Crippen MR) is 89.0 cm³/mol. The van der Waals surface area contributed by atoms with Crippen molar-refractivity contribution in [3.05, 3.63) is 22.6 Å². The molecule has 0 radical (unpaired) electrons. The van der Waals surface area contributed by atoms with Crippen molar-refractivity contribution in [2.45, 2.75) is 59.0 Å². The first-order chi connectivity index (χ1) is 10.1. The fraction of sp³-hybridized carbons (Fsp3) is 0.750. The first kappa shape index (κ1) is 17.7. The van der Waals surface area contributed by atoms with Gasteiger partial charge in [-0.05, 0) is 39.7 Å². The van der Waals surface area contributed by atoms with Crippen LogP contribution in [0.3, 0.4) is 0 Å². The maximum atomic E-state index is 12.0. The number of hydrogen-bond donors (Lipinski definition) is 1. The summed E-state index contributed by atoms with van der Waals surface area (Å²) in [4.78, 5) is 14.0. The van der Waals surface area contributed by atoms with Gasteiger partial charge in [0.15, 0.2) is 0 Å². The van der Waals surface area contributed by atoms with Crippen LogP contribution in [0.15, 0.2) is 17.1 Å². The van der Waals surface area contributed by atoms with E-state index in [9.17, 15) is 4.79 Å². The zero-order valence-corrected chi connectivity index (χ0v) is 13.9. The van der Waals surface area contributed by atoms with E-state index in [1.54, 1.807) is 16.9 Å². The number of aromatic nitrogens is 2. The largest absolute Gasteiger partial charge is 0.373 e. The highest BCUT2D eigenvalue weighted by atomic mass is 16.1. The zero-order valence-electron chi connectivity index (χ0n) is 13.9. The molecular weight excluding hydrogens is 264 g/mol. The monoisotopic (exact) mass is 294 g/mol. The van der Waals surface area contributed by atoms with Crippen molar-refractivity contribution in [3.8, 4) is 0 Å². The topological polar surface area (TPSA) is 50.2 Å². The van der Waals surface area contributed by atoms with Crippen molar-refractivity contribution < 1.29 is 0 Å². The summed E-state index contributed by atoms with van der Waals surface area (Å²) in [6.07, 6.45) is 6.20. The molecule has 1 unspecified atom stereocenters. The van der Waals surface area contributed by atoms with Crippen LogP contribution in [0.5, 0.6) is 0 Å². The van der Waals surface area contributed by atoms with Crippen molar-refractivity contribution in [1.29, 1.82) is 0 Å². The Hall–Kier alpha value is -1.36. The van der Waals surface area contributed by atoms with Crippen LogP contribution >= 0.6 is 0 Å². The minimum Gasteiger partial charge on any atom is -0.373 e. The molecule has 0 spiro atoms. The average Bonchev–Trinajstić information content (AvgIpc) is 2.49. The smallest absolute Gasteiger partial charge is 0.268 e. The van der Waals surface area contributed by atoms with Crippen molar-refractivity contribution in [2.75, 3.05) is 25.0 Å². The third-order valence-electron chi connectivity index (χ3n) is 3.77. The SMILES string of the molecule is CCCNC(C)CCCCn1ncc(N(C)CC)cc1=O. The molecule has 0 aliphatic rings. The summed E-state index contributed by atoms with van der Waals surface area (Å²) in [7, 11) is 1.96. The van der Waals surface area contributed by atoms with Gasteiger partial charge in [0.2, 0.25) is 0 Å². The molecule has 1 rings (SSSR count). The Morgan fingerprint density at radius 3 is 2.76 bits per heavy atom. The second kappa shape index (κ2) is 9.55. The molecule has 120 valence electrons. The standard InChI is InChI=1S/C16H30N4O/c1-5-10-17-14(3)9-7-8-11-20-16(21)12-15(13-18-20)19(4)6-2/h12-14,17H,5-11H2,1-4H3. The molecule has 5 nitrogen and oxygen atoms in total. The van der Waals surface area contributed by atoms with Crippen molar-refractivity contribution in [1.82, 2.24) is 15.1 Å². The molecule has 0 aliphatic heterocycles. The summed E-state index contributed by atoms with van der Waals surface area (Å²) in [5.74, 6) is 0. The lowest BCUT2D eigenvalue weighted by Gasteiger charge is -2.16. The first-order valence-electron chi connectivity index (χ1n) is 8.10. The molecule has 1 aromatic rings. The van der Waals surface area contributed by atoms with Gasteiger partial charge in [0.25, 0.3) is 5.56 Å². The van der Waals surface area contributed by atoms with E-state index in [0.717, 1.165) is 38.0 Å². The fourth-order valence-corrected chi connectivity index (χ4v) is 2.19.